The highest BCUT2D eigenvalue weighted by Gasteiger charge is 2.19. The first-order chi connectivity index (χ1) is 11.8. The first-order valence-corrected chi connectivity index (χ1v) is 8.01. The fraction of sp³-hybridized carbons (Fsp3) is 0.353. The number of hydrogen-bond acceptors (Lipinski definition) is 5. The number of hydrogen-bond donors (Lipinski definition) is 1. The molecule has 1 heterocycles. The number of aromatic nitrogens is 2. The Morgan fingerprint density at radius 2 is 1.80 bits per heavy atom. The zero-order valence-corrected chi connectivity index (χ0v) is 15.3. The highest BCUT2D eigenvalue weighted by atomic mass is 35.5. The average molecular weight is 362 g/mol. The van der Waals surface area contributed by atoms with Crippen molar-refractivity contribution in [2.24, 2.45) is 14.1 Å². The van der Waals surface area contributed by atoms with Crippen LogP contribution in [0.3, 0.4) is 0 Å². The predicted molar refractivity (Wildman–Crippen MR) is 98.0 cm³/mol. The molecule has 0 spiro atoms. The van der Waals surface area contributed by atoms with Crippen LogP contribution in [0.5, 0.6) is 0 Å². The minimum atomic E-state index is -0.610. The summed E-state index contributed by atoms with van der Waals surface area (Å²) in [4.78, 5) is 26.3. The second-order valence-corrected chi connectivity index (χ2v) is 6.39. The van der Waals surface area contributed by atoms with E-state index in [0.29, 0.717) is 11.6 Å². The molecule has 0 aliphatic rings. The van der Waals surface area contributed by atoms with Gasteiger partial charge >= 0.3 is 5.69 Å². The molecule has 1 aromatic carbocycles. The zero-order valence-electron chi connectivity index (χ0n) is 14.6. The van der Waals surface area contributed by atoms with E-state index in [9.17, 15) is 14.9 Å². The van der Waals surface area contributed by atoms with Gasteiger partial charge in [0.2, 0.25) is 0 Å². The third kappa shape index (κ3) is 3.76. The van der Waals surface area contributed by atoms with Gasteiger partial charge in [-0.05, 0) is 31.8 Å². The summed E-state index contributed by atoms with van der Waals surface area (Å²) >= 11 is 5.94. The SMILES string of the molecule is CN(C)C(CNc1c(C#N)c(=O)n(C)c(=O)n1C)c1ccc(Cl)cc1. The molecule has 7 nitrogen and oxygen atoms in total. The maximum absolute atomic E-state index is 12.1. The fourth-order valence-electron chi connectivity index (χ4n) is 2.63. The summed E-state index contributed by atoms with van der Waals surface area (Å²) in [5.74, 6) is 0.219. The van der Waals surface area contributed by atoms with Gasteiger partial charge in [0.05, 0.1) is 6.04 Å². The molecule has 0 fully saturated rings. The maximum atomic E-state index is 12.1. The Kier molecular flexibility index (Phi) is 5.67. The number of nitrogens with zero attached hydrogens (tertiary/aromatic N) is 4. The van der Waals surface area contributed by atoms with Crippen molar-refractivity contribution in [3.05, 3.63) is 61.3 Å². The van der Waals surface area contributed by atoms with Gasteiger partial charge in [-0.15, -0.1) is 0 Å². The average Bonchev–Trinajstić information content (AvgIpc) is 2.58. The molecule has 1 N–H and O–H groups in total. The van der Waals surface area contributed by atoms with E-state index < -0.39 is 11.2 Å². The first-order valence-electron chi connectivity index (χ1n) is 7.63. The van der Waals surface area contributed by atoms with Crippen LogP contribution < -0.4 is 16.6 Å². The van der Waals surface area contributed by atoms with Crippen molar-refractivity contribution in [3.8, 4) is 6.07 Å². The molecule has 0 aliphatic carbocycles. The quantitative estimate of drug-likeness (QED) is 0.868. The van der Waals surface area contributed by atoms with Crippen molar-refractivity contribution < 1.29 is 0 Å². The van der Waals surface area contributed by atoms with Crippen molar-refractivity contribution >= 4 is 17.4 Å². The van der Waals surface area contributed by atoms with Crippen LogP contribution in [0.2, 0.25) is 5.02 Å². The van der Waals surface area contributed by atoms with Crippen LogP contribution in [0, 0.1) is 11.3 Å². The lowest BCUT2D eigenvalue weighted by molar-refractivity contribution is 0.311. The third-order valence-corrected chi connectivity index (χ3v) is 4.37. The van der Waals surface area contributed by atoms with Crippen molar-refractivity contribution in [2.75, 3.05) is 26.0 Å². The molecule has 0 saturated carbocycles. The number of halogens is 1. The monoisotopic (exact) mass is 361 g/mol. The molecular weight excluding hydrogens is 342 g/mol. The van der Waals surface area contributed by atoms with Gasteiger partial charge in [-0.3, -0.25) is 13.9 Å². The van der Waals surface area contributed by atoms with Crippen molar-refractivity contribution in [1.82, 2.24) is 14.0 Å². The predicted octanol–water partition coefficient (Wildman–Crippen LogP) is 1.32. The highest BCUT2D eigenvalue weighted by molar-refractivity contribution is 6.30. The smallest absolute Gasteiger partial charge is 0.332 e. The number of likely N-dealkylation sites (N-methyl/N-ethyl adjacent to an activating group) is 1. The topological polar surface area (TPSA) is 83.1 Å². The molecule has 0 saturated heterocycles. The molecule has 0 aliphatic heterocycles. The van der Waals surface area contributed by atoms with E-state index in [0.717, 1.165) is 10.1 Å². The fourth-order valence-corrected chi connectivity index (χ4v) is 2.75. The van der Waals surface area contributed by atoms with E-state index in [1.807, 2.05) is 49.3 Å². The number of nitrogens with one attached hydrogen (secondary N) is 1. The number of anilines is 1. The summed E-state index contributed by atoms with van der Waals surface area (Å²) in [6.45, 7) is 0.407. The molecule has 25 heavy (non-hydrogen) atoms. The van der Waals surface area contributed by atoms with Crippen LogP contribution in [-0.2, 0) is 14.1 Å². The number of nitriles is 1. The van der Waals surface area contributed by atoms with E-state index in [4.69, 9.17) is 11.6 Å². The van der Waals surface area contributed by atoms with Crippen LogP contribution in [0.4, 0.5) is 5.82 Å². The molecule has 2 rings (SSSR count). The Hall–Kier alpha value is -2.56. The molecule has 1 atom stereocenters. The minimum Gasteiger partial charge on any atom is -0.368 e. The Morgan fingerprint density at radius 3 is 2.32 bits per heavy atom. The molecule has 0 radical (unpaired) electrons. The second kappa shape index (κ2) is 7.55. The Balaban J connectivity index is 2.39. The van der Waals surface area contributed by atoms with Gasteiger partial charge in [0.15, 0.2) is 5.56 Å². The zero-order chi connectivity index (χ0) is 18.7. The Morgan fingerprint density at radius 1 is 1.20 bits per heavy atom. The van der Waals surface area contributed by atoms with Crippen molar-refractivity contribution in [3.63, 3.8) is 0 Å². The van der Waals surface area contributed by atoms with E-state index in [2.05, 4.69) is 5.32 Å². The molecule has 132 valence electrons. The van der Waals surface area contributed by atoms with Gasteiger partial charge in [-0.25, -0.2) is 4.79 Å². The van der Waals surface area contributed by atoms with Gasteiger partial charge in [-0.2, -0.15) is 5.26 Å². The van der Waals surface area contributed by atoms with Crippen LogP contribution in [0.15, 0.2) is 33.9 Å². The van der Waals surface area contributed by atoms with E-state index in [1.54, 1.807) is 0 Å². The third-order valence-electron chi connectivity index (χ3n) is 4.12. The lowest BCUT2D eigenvalue weighted by Crippen LogP contribution is -2.40. The van der Waals surface area contributed by atoms with Crippen molar-refractivity contribution in [2.45, 2.75) is 6.04 Å². The standard InChI is InChI=1S/C17H20ClN5O2/c1-21(2)14(11-5-7-12(18)8-6-11)10-20-15-13(9-19)16(24)23(4)17(25)22(15)3/h5-8,14,20H,10H2,1-4H3. The van der Waals surface area contributed by atoms with E-state index >= 15 is 0 Å². The minimum absolute atomic E-state index is 0.0389. The summed E-state index contributed by atoms with van der Waals surface area (Å²) in [7, 11) is 6.73. The summed E-state index contributed by atoms with van der Waals surface area (Å²) in [5.41, 5.74) is -0.159. The van der Waals surface area contributed by atoms with Crippen LogP contribution >= 0.6 is 11.6 Å². The lowest BCUT2D eigenvalue weighted by Gasteiger charge is -2.26. The molecule has 1 unspecified atom stereocenters. The number of benzene rings is 1. The summed E-state index contributed by atoms with van der Waals surface area (Å²) in [5, 5.41) is 13.1. The van der Waals surface area contributed by atoms with Crippen LogP contribution in [-0.4, -0.2) is 34.7 Å². The summed E-state index contributed by atoms with van der Waals surface area (Å²) < 4.78 is 2.20. The van der Waals surface area contributed by atoms with Crippen LogP contribution in [0.25, 0.3) is 0 Å². The normalized spacial score (nSPS) is 12.0. The second-order valence-electron chi connectivity index (χ2n) is 5.95. The van der Waals surface area contributed by atoms with Gasteiger partial charge in [-0.1, -0.05) is 23.7 Å². The Labute approximate surface area is 150 Å². The Bertz CT molecular complexity index is 922. The molecule has 1 aromatic heterocycles. The van der Waals surface area contributed by atoms with Gasteiger partial charge in [0, 0.05) is 25.7 Å². The maximum Gasteiger partial charge on any atom is 0.332 e. The first kappa shape index (κ1) is 18.8. The lowest BCUT2D eigenvalue weighted by atomic mass is 10.1. The summed E-state index contributed by atoms with van der Waals surface area (Å²) in [6, 6.07) is 9.30. The summed E-state index contributed by atoms with van der Waals surface area (Å²) in [6.07, 6.45) is 0. The van der Waals surface area contributed by atoms with Crippen molar-refractivity contribution in [1.29, 1.82) is 5.26 Å². The molecular formula is C17H20ClN5O2. The van der Waals surface area contributed by atoms with Gasteiger partial charge in [0.1, 0.15) is 11.9 Å². The molecule has 0 bridgehead atoms. The van der Waals surface area contributed by atoms with Gasteiger partial charge < -0.3 is 10.2 Å². The van der Waals surface area contributed by atoms with E-state index in [1.165, 1.54) is 18.7 Å². The highest BCUT2D eigenvalue weighted by Crippen LogP contribution is 2.21. The molecule has 2 aromatic rings. The van der Waals surface area contributed by atoms with Crippen LogP contribution in [0.1, 0.15) is 17.2 Å². The van der Waals surface area contributed by atoms with Gasteiger partial charge in [0.25, 0.3) is 5.56 Å². The molecule has 0 amide bonds. The van der Waals surface area contributed by atoms with E-state index in [-0.39, 0.29) is 17.4 Å². The number of rotatable bonds is 5. The largest absolute Gasteiger partial charge is 0.368 e. The molecule has 8 heteroatoms.